The Bertz CT molecular complexity index is 1350. The molecule has 0 spiro atoms. The maximum Gasteiger partial charge on any atom is 0.490 e. The number of rotatable bonds is 4. The number of aliphatic carboxylic acids is 1. The zero-order valence-electron chi connectivity index (χ0n) is 21.5. The van der Waals surface area contributed by atoms with Crippen molar-refractivity contribution in [3.63, 3.8) is 0 Å². The minimum atomic E-state index is -5.08. The van der Waals surface area contributed by atoms with Crippen LogP contribution in [-0.2, 0) is 24.7 Å². The summed E-state index contributed by atoms with van der Waals surface area (Å²) >= 11 is 0. The number of carbonyl (C=O) groups excluding carboxylic acids is 1. The van der Waals surface area contributed by atoms with Gasteiger partial charge in [0.05, 0.1) is 11.4 Å². The highest BCUT2D eigenvalue weighted by Crippen LogP contribution is 2.33. The summed E-state index contributed by atoms with van der Waals surface area (Å²) < 4.78 is 33.4. The zero-order valence-corrected chi connectivity index (χ0v) is 21.5. The molecule has 5 rings (SSSR count). The molecule has 0 radical (unpaired) electrons. The quantitative estimate of drug-likeness (QED) is 0.450. The number of fused-ring (bicyclic) bond motifs is 3. The Kier molecular flexibility index (Phi) is 8.04. The Hall–Kier alpha value is -4.20. The van der Waals surface area contributed by atoms with Crippen LogP contribution in [0.15, 0.2) is 30.5 Å². The zero-order chi connectivity index (χ0) is 28.3. The molecule has 39 heavy (non-hydrogen) atoms. The third-order valence-electron chi connectivity index (χ3n) is 6.57. The second-order valence-electron chi connectivity index (χ2n) is 9.35. The molecule has 208 valence electrons. The first-order valence-electron chi connectivity index (χ1n) is 12.3. The molecule has 1 saturated heterocycles. The number of likely N-dealkylation sites (N-methyl/N-ethyl adjacent to an activating group) is 1. The number of primary amides is 1. The highest BCUT2D eigenvalue weighted by molar-refractivity contribution is 5.94. The first-order valence-corrected chi connectivity index (χ1v) is 12.3. The van der Waals surface area contributed by atoms with E-state index < -0.39 is 18.1 Å². The summed E-state index contributed by atoms with van der Waals surface area (Å²) in [6.45, 7) is 4.24. The van der Waals surface area contributed by atoms with E-state index in [9.17, 15) is 18.0 Å². The molecule has 1 fully saturated rings. The van der Waals surface area contributed by atoms with Crippen LogP contribution in [0.3, 0.4) is 0 Å². The van der Waals surface area contributed by atoms with E-state index in [1.54, 1.807) is 4.68 Å². The molecule has 1 aromatic carbocycles. The molecule has 1 aliphatic heterocycles. The topological polar surface area (TPSA) is 142 Å². The van der Waals surface area contributed by atoms with Gasteiger partial charge in [-0.3, -0.25) is 9.48 Å². The van der Waals surface area contributed by atoms with Gasteiger partial charge >= 0.3 is 12.1 Å². The normalized spacial score (nSPS) is 15.4. The van der Waals surface area contributed by atoms with Gasteiger partial charge in [-0.25, -0.2) is 14.8 Å². The number of nitrogens with zero attached hydrogens (tertiary/aromatic N) is 6. The Balaban J connectivity index is 0.000000448. The van der Waals surface area contributed by atoms with Crippen molar-refractivity contribution in [3.8, 4) is 11.4 Å². The lowest BCUT2D eigenvalue weighted by Crippen LogP contribution is -2.44. The maximum atomic E-state index is 11.9. The fourth-order valence-electron chi connectivity index (χ4n) is 4.56. The fraction of sp³-hybridized carbons (Fsp3) is 0.400. The van der Waals surface area contributed by atoms with Gasteiger partial charge in [0.1, 0.15) is 0 Å². The van der Waals surface area contributed by atoms with Gasteiger partial charge in [-0.1, -0.05) is 0 Å². The summed E-state index contributed by atoms with van der Waals surface area (Å²) in [5, 5.41) is 14.8. The molecule has 0 atom stereocenters. The number of carbonyl (C=O) groups is 2. The lowest BCUT2D eigenvalue weighted by atomic mass is 10.1. The van der Waals surface area contributed by atoms with Crippen LogP contribution in [0.1, 0.15) is 28.0 Å². The van der Waals surface area contributed by atoms with Crippen LogP contribution < -0.4 is 16.0 Å². The van der Waals surface area contributed by atoms with Gasteiger partial charge in [-0.05, 0) is 56.1 Å². The summed E-state index contributed by atoms with van der Waals surface area (Å²) in [6, 6.07) is 8.39. The van der Waals surface area contributed by atoms with Gasteiger partial charge in [0, 0.05) is 56.4 Å². The van der Waals surface area contributed by atoms with E-state index in [1.165, 1.54) is 5.69 Å². The Morgan fingerprint density at radius 2 is 1.69 bits per heavy atom. The number of carboxylic acids is 1. The van der Waals surface area contributed by atoms with Crippen LogP contribution in [0.2, 0.25) is 0 Å². The van der Waals surface area contributed by atoms with E-state index in [4.69, 9.17) is 20.6 Å². The SMILES string of the molecule is CN1CCN(c2ccc(Nc3ncc4c(n3)-c3c(c(C(N)=O)nn3C)CCC4)cc2)CC1.O=C(O)C(F)(F)F. The van der Waals surface area contributed by atoms with E-state index in [-0.39, 0.29) is 0 Å². The van der Waals surface area contributed by atoms with E-state index in [0.29, 0.717) is 11.6 Å². The molecule has 1 amide bonds. The Morgan fingerprint density at radius 1 is 1.05 bits per heavy atom. The maximum absolute atomic E-state index is 11.9. The minimum absolute atomic E-state index is 0.336. The molecule has 4 N–H and O–H groups in total. The predicted octanol–water partition coefficient (Wildman–Crippen LogP) is 2.59. The number of nitrogens with one attached hydrogen (secondary N) is 1. The standard InChI is InChI=1S/C23H28N8O.C2HF3O2/c1-29-10-12-31(13-11-29)17-8-6-16(7-9-17)26-23-25-14-15-4-3-5-18-20(22(24)32)28-30(2)21(18)19(15)27-23;3-2(4,5)1(6)7/h6-9,14H,3-5,10-13H2,1-2H3,(H2,24,32)(H,25,26,27);(H,6,7). The summed E-state index contributed by atoms with van der Waals surface area (Å²) in [5.74, 6) is -2.74. The molecule has 2 aliphatic rings. The van der Waals surface area contributed by atoms with Gasteiger partial charge in [0.25, 0.3) is 5.91 Å². The van der Waals surface area contributed by atoms with Crippen molar-refractivity contribution >= 4 is 29.2 Å². The van der Waals surface area contributed by atoms with Crippen LogP contribution in [0.25, 0.3) is 11.4 Å². The van der Waals surface area contributed by atoms with Crippen molar-refractivity contribution in [2.24, 2.45) is 12.8 Å². The molecule has 0 saturated carbocycles. The average Bonchev–Trinajstić information content (AvgIpc) is 3.09. The van der Waals surface area contributed by atoms with Crippen LogP contribution in [0.4, 0.5) is 30.5 Å². The van der Waals surface area contributed by atoms with Crippen LogP contribution in [0.5, 0.6) is 0 Å². The molecule has 14 heteroatoms. The molecular formula is C25H29F3N8O3. The smallest absolute Gasteiger partial charge is 0.475 e. The second-order valence-corrected chi connectivity index (χ2v) is 9.35. The van der Waals surface area contributed by atoms with Gasteiger partial charge in [0.2, 0.25) is 5.95 Å². The summed E-state index contributed by atoms with van der Waals surface area (Å²) in [5.41, 5.74) is 11.6. The molecule has 0 bridgehead atoms. The first kappa shape index (κ1) is 27.8. The lowest BCUT2D eigenvalue weighted by Gasteiger charge is -2.34. The number of benzene rings is 1. The van der Waals surface area contributed by atoms with Crippen LogP contribution in [0, 0.1) is 0 Å². The molecule has 1 aliphatic carbocycles. The summed E-state index contributed by atoms with van der Waals surface area (Å²) in [4.78, 5) is 34.9. The monoisotopic (exact) mass is 546 g/mol. The van der Waals surface area contributed by atoms with Crippen molar-refractivity contribution in [2.45, 2.75) is 25.4 Å². The van der Waals surface area contributed by atoms with Crippen molar-refractivity contribution in [3.05, 3.63) is 47.3 Å². The number of aromatic nitrogens is 4. The second kappa shape index (κ2) is 11.3. The van der Waals surface area contributed by atoms with Gasteiger partial charge < -0.3 is 26.0 Å². The number of carboxylic acid groups (broad SMARTS) is 1. The lowest BCUT2D eigenvalue weighted by molar-refractivity contribution is -0.192. The Labute approximate surface area is 222 Å². The number of aryl methyl sites for hydroxylation is 2. The number of nitrogens with two attached hydrogens (primary N) is 1. The molecule has 0 unspecified atom stereocenters. The number of halogens is 3. The molecular weight excluding hydrogens is 517 g/mol. The van der Waals surface area contributed by atoms with Crippen molar-refractivity contribution < 1.29 is 27.9 Å². The van der Waals surface area contributed by atoms with Crippen molar-refractivity contribution in [1.29, 1.82) is 0 Å². The van der Waals surface area contributed by atoms with E-state index in [0.717, 1.165) is 73.6 Å². The number of amides is 1. The Morgan fingerprint density at radius 3 is 2.28 bits per heavy atom. The van der Waals surface area contributed by atoms with Crippen LogP contribution in [-0.4, -0.2) is 81.0 Å². The van der Waals surface area contributed by atoms with E-state index in [1.807, 2.05) is 13.2 Å². The average molecular weight is 547 g/mol. The van der Waals surface area contributed by atoms with Crippen molar-refractivity contribution in [1.82, 2.24) is 24.6 Å². The number of piperazine rings is 1. The number of alkyl halides is 3. The first-order chi connectivity index (χ1) is 18.4. The van der Waals surface area contributed by atoms with Gasteiger partial charge in [0.15, 0.2) is 5.69 Å². The van der Waals surface area contributed by atoms with E-state index in [2.05, 4.69) is 56.5 Å². The largest absolute Gasteiger partial charge is 0.490 e. The third kappa shape index (κ3) is 6.45. The highest BCUT2D eigenvalue weighted by atomic mass is 19.4. The molecule has 3 heterocycles. The minimum Gasteiger partial charge on any atom is -0.475 e. The van der Waals surface area contributed by atoms with Crippen LogP contribution >= 0.6 is 0 Å². The van der Waals surface area contributed by atoms with E-state index >= 15 is 0 Å². The molecule has 3 aromatic rings. The number of hydrogen-bond acceptors (Lipinski definition) is 8. The third-order valence-corrected chi connectivity index (χ3v) is 6.57. The van der Waals surface area contributed by atoms with Gasteiger partial charge in [-0.15, -0.1) is 0 Å². The van der Waals surface area contributed by atoms with Gasteiger partial charge in [-0.2, -0.15) is 18.3 Å². The number of hydrogen-bond donors (Lipinski definition) is 3. The number of anilines is 3. The molecule has 11 nitrogen and oxygen atoms in total. The highest BCUT2D eigenvalue weighted by Gasteiger charge is 2.38. The van der Waals surface area contributed by atoms with Crippen molar-refractivity contribution in [2.75, 3.05) is 43.4 Å². The fourth-order valence-corrected chi connectivity index (χ4v) is 4.56. The molecule has 2 aromatic heterocycles. The summed E-state index contributed by atoms with van der Waals surface area (Å²) in [7, 11) is 3.99. The predicted molar refractivity (Wildman–Crippen MR) is 138 cm³/mol. The summed E-state index contributed by atoms with van der Waals surface area (Å²) in [6.07, 6.45) is -0.721.